The second-order valence-corrected chi connectivity index (χ2v) is 8.27. The van der Waals surface area contributed by atoms with Gasteiger partial charge in [0.05, 0.1) is 6.10 Å². The molecular formula is C21H32N2O2. The number of hydrogen-bond donors (Lipinski definition) is 2. The quantitative estimate of drug-likeness (QED) is 0.876. The van der Waals surface area contributed by atoms with Crippen LogP contribution in [0.15, 0.2) is 24.3 Å². The molecule has 1 saturated carbocycles. The number of amides is 1. The molecule has 4 heteroatoms. The third kappa shape index (κ3) is 5.05. The van der Waals surface area contributed by atoms with Gasteiger partial charge in [-0.1, -0.05) is 32.0 Å². The normalized spacial score (nSPS) is 28.7. The second kappa shape index (κ2) is 8.33. The van der Waals surface area contributed by atoms with Gasteiger partial charge in [0.25, 0.3) is 0 Å². The van der Waals surface area contributed by atoms with Crippen molar-refractivity contribution in [2.45, 2.75) is 58.6 Å². The van der Waals surface area contributed by atoms with Gasteiger partial charge in [0.2, 0.25) is 5.91 Å². The van der Waals surface area contributed by atoms with E-state index >= 15 is 0 Å². The van der Waals surface area contributed by atoms with E-state index < -0.39 is 0 Å². The molecule has 0 radical (unpaired) electrons. The number of nitrogens with zero attached hydrogens (tertiary/aromatic N) is 1. The first-order chi connectivity index (χ1) is 12.0. The summed E-state index contributed by atoms with van der Waals surface area (Å²) in [4.78, 5) is 15.2. The molecule has 0 spiro atoms. The largest absolute Gasteiger partial charge is 0.393 e. The number of carbonyl (C=O) groups excluding carboxylic acids is 1. The second-order valence-electron chi connectivity index (χ2n) is 8.27. The molecule has 3 rings (SSSR count). The van der Waals surface area contributed by atoms with Crippen LogP contribution in [0, 0.1) is 17.8 Å². The number of anilines is 1. The molecule has 2 fully saturated rings. The molecule has 1 aliphatic heterocycles. The van der Waals surface area contributed by atoms with Crippen molar-refractivity contribution >= 4 is 11.6 Å². The first-order valence-electron chi connectivity index (χ1n) is 9.80. The van der Waals surface area contributed by atoms with Crippen LogP contribution in [-0.4, -0.2) is 35.1 Å². The van der Waals surface area contributed by atoms with E-state index in [1.807, 2.05) is 18.2 Å². The number of para-hydroxylation sites is 1. The predicted octanol–water partition coefficient (Wildman–Crippen LogP) is 3.65. The molecule has 0 aromatic heterocycles. The molecule has 1 aromatic carbocycles. The predicted molar refractivity (Wildman–Crippen MR) is 101 cm³/mol. The fraction of sp³-hybridized carbons (Fsp3) is 0.667. The zero-order valence-electron chi connectivity index (χ0n) is 15.6. The molecule has 2 aliphatic rings. The summed E-state index contributed by atoms with van der Waals surface area (Å²) in [5.41, 5.74) is 2.12. The minimum atomic E-state index is -0.151. The Morgan fingerprint density at radius 1 is 1.12 bits per heavy atom. The number of piperidine rings is 1. The number of aliphatic hydroxyl groups excluding tert-OH is 1. The standard InChI is InChI=1S/C21H32N2O2/c1-15-11-16(2)13-18(12-15)21(25)22-20-6-4-3-5-17(20)14-23-9-7-19(24)8-10-23/h3-6,15-16,18-19,24H,7-14H2,1-2H3,(H,22,25). The molecule has 2 N–H and O–H groups in total. The molecule has 25 heavy (non-hydrogen) atoms. The summed E-state index contributed by atoms with van der Waals surface area (Å²) >= 11 is 0. The highest BCUT2D eigenvalue weighted by molar-refractivity contribution is 5.93. The van der Waals surface area contributed by atoms with Gasteiger partial charge in [-0.25, -0.2) is 0 Å². The zero-order valence-corrected chi connectivity index (χ0v) is 15.6. The van der Waals surface area contributed by atoms with Gasteiger partial charge in [-0.3, -0.25) is 9.69 Å². The van der Waals surface area contributed by atoms with Gasteiger partial charge in [0.1, 0.15) is 0 Å². The number of nitrogens with one attached hydrogen (secondary N) is 1. The third-order valence-corrected chi connectivity index (χ3v) is 5.78. The van der Waals surface area contributed by atoms with Gasteiger partial charge in [-0.05, 0) is 55.6 Å². The van der Waals surface area contributed by atoms with E-state index in [2.05, 4.69) is 30.1 Å². The minimum absolute atomic E-state index is 0.136. The Bertz CT molecular complexity index is 571. The van der Waals surface area contributed by atoms with Crippen molar-refractivity contribution in [3.05, 3.63) is 29.8 Å². The first-order valence-corrected chi connectivity index (χ1v) is 9.80. The van der Waals surface area contributed by atoms with Crippen molar-refractivity contribution in [1.29, 1.82) is 0 Å². The highest BCUT2D eigenvalue weighted by atomic mass is 16.3. The lowest BCUT2D eigenvalue weighted by atomic mass is 9.76. The Kier molecular flexibility index (Phi) is 6.13. The van der Waals surface area contributed by atoms with Gasteiger partial charge in [-0.2, -0.15) is 0 Å². The summed E-state index contributed by atoms with van der Waals surface area (Å²) in [6, 6.07) is 8.15. The molecule has 2 unspecified atom stereocenters. The Labute approximate surface area is 151 Å². The van der Waals surface area contributed by atoms with Crippen molar-refractivity contribution in [2.24, 2.45) is 17.8 Å². The highest BCUT2D eigenvalue weighted by Gasteiger charge is 2.29. The lowest BCUT2D eigenvalue weighted by molar-refractivity contribution is -0.121. The average molecular weight is 344 g/mol. The van der Waals surface area contributed by atoms with Gasteiger partial charge in [0, 0.05) is 31.2 Å². The average Bonchev–Trinajstić information content (AvgIpc) is 2.58. The molecule has 0 bridgehead atoms. The van der Waals surface area contributed by atoms with Crippen LogP contribution >= 0.6 is 0 Å². The maximum Gasteiger partial charge on any atom is 0.227 e. The van der Waals surface area contributed by atoms with E-state index in [4.69, 9.17) is 0 Å². The lowest BCUT2D eigenvalue weighted by Gasteiger charge is -2.31. The van der Waals surface area contributed by atoms with E-state index in [1.165, 1.54) is 12.0 Å². The summed E-state index contributed by atoms with van der Waals surface area (Å²) in [7, 11) is 0. The first kappa shape index (κ1) is 18.4. The van der Waals surface area contributed by atoms with E-state index in [1.54, 1.807) is 0 Å². The van der Waals surface area contributed by atoms with Crippen molar-refractivity contribution in [3.8, 4) is 0 Å². The minimum Gasteiger partial charge on any atom is -0.393 e. The summed E-state index contributed by atoms with van der Waals surface area (Å²) in [5.74, 6) is 1.58. The van der Waals surface area contributed by atoms with Gasteiger partial charge >= 0.3 is 0 Å². The van der Waals surface area contributed by atoms with E-state index in [9.17, 15) is 9.90 Å². The molecule has 1 heterocycles. The van der Waals surface area contributed by atoms with Crippen LogP contribution in [0.25, 0.3) is 0 Å². The summed E-state index contributed by atoms with van der Waals surface area (Å²) in [5, 5.41) is 12.9. The molecule has 1 aliphatic carbocycles. The Balaban J connectivity index is 1.63. The van der Waals surface area contributed by atoms with Crippen LogP contribution in [0.4, 0.5) is 5.69 Å². The number of aliphatic hydroxyl groups is 1. The lowest BCUT2D eigenvalue weighted by Crippen LogP contribution is -2.35. The number of hydrogen-bond acceptors (Lipinski definition) is 3. The number of carbonyl (C=O) groups is 1. The van der Waals surface area contributed by atoms with Crippen molar-refractivity contribution in [2.75, 3.05) is 18.4 Å². The van der Waals surface area contributed by atoms with Crippen LogP contribution in [-0.2, 0) is 11.3 Å². The number of benzene rings is 1. The number of likely N-dealkylation sites (tertiary alicyclic amines) is 1. The molecule has 2 atom stereocenters. The summed E-state index contributed by atoms with van der Waals surface area (Å²) in [6.45, 7) is 7.19. The SMILES string of the molecule is CC1CC(C)CC(C(=O)Nc2ccccc2CN2CCC(O)CC2)C1. The van der Waals surface area contributed by atoms with Gasteiger partial charge < -0.3 is 10.4 Å². The maximum absolute atomic E-state index is 12.8. The Hall–Kier alpha value is -1.39. The fourth-order valence-electron chi connectivity index (χ4n) is 4.49. The molecule has 1 aromatic rings. The Morgan fingerprint density at radius 2 is 1.76 bits per heavy atom. The zero-order chi connectivity index (χ0) is 17.8. The molecule has 1 saturated heterocycles. The monoisotopic (exact) mass is 344 g/mol. The van der Waals surface area contributed by atoms with Gasteiger partial charge in [-0.15, -0.1) is 0 Å². The van der Waals surface area contributed by atoms with Crippen LogP contribution in [0.1, 0.15) is 51.5 Å². The van der Waals surface area contributed by atoms with Crippen molar-refractivity contribution in [3.63, 3.8) is 0 Å². The van der Waals surface area contributed by atoms with E-state index in [0.717, 1.165) is 51.0 Å². The summed E-state index contributed by atoms with van der Waals surface area (Å²) in [6.07, 6.45) is 4.77. The number of rotatable bonds is 4. The smallest absolute Gasteiger partial charge is 0.227 e. The van der Waals surface area contributed by atoms with E-state index in [-0.39, 0.29) is 17.9 Å². The molecule has 1 amide bonds. The topological polar surface area (TPSA) is 52.6 Å². The van der Waals surface area contributed by atoms with Crippen LogP contribution in [0.2, 0.25) is 0 Å². The molecule has 4 nitrogen and oxygen atoms in total. The Morgan fingerprint density at radius 3 is 2.44 bits per heavy atom. The van der Waals surface area contributed by atoms with Crippen molar-refractivity contribution < 1.29 is 9.90 Å². The third-order valence-electron chi connectivity index (χ3n) is 5.78. The molecular weight excluding hydrogens is 312 g/mol. The van der Waals surface area contributed by atoms with Gasteiger partial charge in [0.15, 0.2) is 0 Å². The van der Waals surface area contributed by atoms with Crippen LogP contribution < -0.4 is 5.32 Å². The highest BCUT2D eigenvalue weighted by Crippen LogP contribution is 2.33. The molecule has 138 valence electrons. The van der Waals surface area contributed by atoms with Crippen LogP contribution in [0.5, 0.6) is 0 Å². The summed E-state index contributed by atoms with van der Waals surface area (Å²) < 4.78 is 0. The maximum atomic E-state index is 12.8. The van der Waals surface area contributed by atoms with E-state index in [0.29, 0.717) is 11.8 Å². The van der Waals surface area contributed by atoms with Crippen molar-refractivity contribution in [1.82, 2.24) is 4.90 Å². The fourth-order valence-corrected chi connectivity index (χ4v) is 4.49. The van der Waals surface area contributed by atoms with Crippen LogP contribution in [0.3, 0.4) is 0 Å².